The minimum absolute atomic E-state index is 0.407. The van der Waals surface area contributed by atoms with Gasteiger partial charge in [0.2, 0.25) is 4.77 Å². The quantitative estimate of drug-likeness (QED) is 0.430. The average Bonchev–Trinajstić information content (AvgIpc) is 3.29. The van der Waals surface area contributed by atoms with Crippen molar-refractivity contribution in [3.8, 4) is 22.7 Å². The van der Waals surface area contributed by atoms with Crippen molar-refractivity contribution in [3.63, 3.8) is 0 Å². The molecule has 0 bridgehead atoms. The molecule has 0 amide bonds. The van der Waals surface area contributed by atoms with Crippen LogP contribution in [0.5, 0.6) is 0 Å². The van der Waals surface area contributed by atoms with Crippen LogP contribution in [-0.4, -0.2) is 19.9 Å². The molecule has 6 nitrogen and oxygen atoms in total. The molecule has 4 aromatic rings. The molecule has 3 heterocycles. The van der Waals surface area contributed by atoms with Crippen molar-refractivity contribution in [1.29, 1.82) is 0 Å². The number of furan rings is 1. The molecule has 0 saturated carbocycles. The summed E-state index contributed by atoms with van der Waals surface area (Å²) in [7, 11) is 0. The van der Waals surface area contributed by atoms with Crippen LogP contribution in [0.3, 0.4) is 0 Å². The van der Waals surface area contributed by atoms with Gasteiger partial charge in [0.25, 0.3) is 0 Å². The molecule has 0 fully saturated rings. The number of aromatic amines is 1. The minimum Gasteiger partial charge on any atom is -0.459 e. The smallest absolute Gasteiger partial charge is 0.214 e. The van der Waals surface area contributed by atoms with Gasteiger partial charge < -0.3 is 9.84 Å². The molecule has 136 valence electrons. The van der Waals surface area contributed by atoms with E-state index in [1.165, 1.54) is 0 Å². The zero-order valence-electron chi connectivity index (χ0n) is 13.8. The summed E-state index contributed by atoms with van der Waals surface area (Å²) >= 11 is 17.6. The molecule has 0 aliphatic heterocycles. The largest absolute Gasteiger partial charge is 0.459 e. The number of nitrogens with one attached hydrogen (secondary N) is 2. The number of benzene rings is 1. The van der Waals surface area contributed by atoms with Gasteiger partial charge in [0.05, 0.1) is 11.6 Å². The predicted octanol–water partition coefficient (Wildman–Crippen LogP) is 5.31. The first kappa shape index (κ1) is 17.8. The Labute approximate surface area is 169 Å². The average molecular weight is 418 g/mol. The molecule has 0 aliphatic carbocycles. The van der Waals surface area contributed by atoms with Crippen LogP contribution < -0.4 is 5.43 Å². The van der Waals surface area contributed by atoms with E-state index in [0.717, 1.165) is 11.1 Å². The Kier molecular flexibility index (Phi) is 4.98. The van der Waals surface area contributed by atoms with Gasteiger partial charge in [0.1, 0.15) is 11.5 Å². The van der Waals surface area contributed by atoms with E-state index >= 15 is 0 Å². The molecule has 1 aromatic carbocycles. The lowest BCUT2D eigenvalue weighted by Gasteiger charge is -2.08. The van der Waals surface area contributed by atoms with E-state index in [1.54, 1.807) is 35.3 Å². The van der Waals surface area contributed by atoms with Crippen molar-refractivity contribution in [2.24, 2.45) is 0 Å². The molecule has 0 unspecified atom stereocenters. The summed E-state index contributed by atoms with van der Waals surface area (Å²) < 4.78 is 8.04. The van der Waals surface area contributed by atoms with Crippen LogP contribution in [0, 0.1) is 4.77 Å². The Morgan fingerprint density at radius 3 is 2.74 bits per heavy atom. The van der Waals surface area contributed by atoms with Crippen LogP contribution in [0.1, 0.15) is 5.76 Å². The van der Waals surface area contributed by atoms with E-state index in [4.69, 9.17) is 39.8 Å². The number of nitrogens with zero attached hydrogens (tertiary/aromatic N) is 3. The topological polar surface area (TPSA) is 71.7 Å². The minimum atomic E-state index is 0.407. The number of H-pyrrole nitrogens is 1. The van der Waals surface area contributed by atoms with Gasteiger partial charge in [-0.3, -0.25) is 4.98 Å². The molecule has 2 N–H and O–H groups in total. The molecule has 0 spiro atoms. The molecule has 0 aliphatic rings. The summed E-state index contributed by atoms with van der Waals surface area (Å²) in [5.74, 6) is 2.02. The highest BCUT2D eigenvalue weighted by atomic mass is 35.5. The molecule has 3 aromatic heterocycles. The number of aromatic nitrogens is 4. The molecule has 0 saturated heterocycles. The third-order valence-electron chi connectivity index (χ3n) is 3.88. The fraction of sp³-hybridized carbons (Fsp3) is 0.0556. The van der Waals surface area contributed by atoms with Crippen LogP contribution in [0.2, 0.25) is 10.0 Å². The van der Waals surface area contributed by atoms with Crippen molar-refractivity contribution in [3.05, 3.63) is 75.4 Å². The van der Waals surface area contributed by atoms with Crippen LogP contribution in [0.15, 0.2) is 59.3 Å². The molecule has 0 atom stereocenters. The third kappa shape index (κ3) is 3.75. The zero-order chi connectivity index (χ0) is 18.8. The lowest BCUT2D eigenvalue weighted by Crippen LogP contribution is -2.15. The molecule has 27 heavy (non-hydrogen) atoms. The highest BCUT2D eigenvalue weighted by Crippen LogP contribution is 2.31. The zero-order valence-corrected chi connectivity index (χ0v) is 16.1. The summed E-state index contributed by atoms with van der Waals surface area (Å²) in [4.78, 5) is 4.02. The third-order valence-corrected chi connectivity index (χ3v) is 4.72. The van der Waals surface area contributed by atoms with Crippen LogP contribution in [-0.2, 0) is 6.54 Å². The number of pyridine rings is 1. The molecular formula is C18H13Cl2N5OS. The fourth-order valence-corrected chi connectivity index (χ4v) is 3.18. The Hall–Kier alpha value is -2.61. The van der Waals surface area contributed by atoms with E-state index in [1.807, 2.05) is 24.3 Å². The Bertz CT molecular complexity index is 1140. The summed E-state index contributed by atoms with van der Waals surface area (Å²) in [6, 6.07) is 12.7. The second-order valence-electron chi connectivity index (χ2n) is 5.65. The standard InChI is InChI=1S/C18H13Cl2N5OS/c19-12-1-3-15(20)14(9-12)16-4-2-13(26-16)10-22-25-17(23-24-18(25)27)11-5-7-21-8-6-11/h1-9,22H,10H2,(H,24,27). The van der Waals surface area contributed by atoms with E-state index < -0.39 is 0 Å². The Morgan fingerprint density at radius 2 is 1.93 bits per heavy atom. The Morgan fingerprint density at radius 1 is 1.11 bits per heavy atom. The fourth-order valence-electron chi connectivity index (χ4n) is 2.60. The van der Waals surface area contributed by atoms with Crippen LogP contribution in [0.25, 0.3) is 22.7 Å². The second kappa shape index (κ2) is 7.56. The van der Waals surface area contributed by atoms with Gasteiger partial charge in [-0.2, -0.15) is 5.10 Å². The predicted molar refractivity (Wildman–Crippen MR) is 108 cm³/mol. The van der Waals surface area contributed by atoms with E-state index in [2.05, 4.69) is 20.6 Å². The second-order valence-corrected chi connectivity index (χ2v) is 6.88. The first-order valence-corrected chi connectivity index (χ1v) is 9.14. The van der Waals surface area contributed by atoms with E-state index in [-0.39, 0.29) is 0 Å². The lowest BCUT2D eigenvalue weighted by atomic mass is 10.2. The molecular weight excluding hydrogens is 405 g/mol. The number of hydrogen-bond acceptors (Lipinski definition) is 5. The first-order valence-electron chi connectivity index (χ1n) is 7.97. The van der Waals surface area contributed by atoms with E-state index in [0.29, 0.717) is 38.7 Å². The SMILES string of the molecule is S=c1[nH]nc(-c2ccncc2)n1NCc1ccc(-c2cc(Cl)ccc2Cl)o1. The van der Waals surface area contributed by atoms with Gasteiger partial charge in [0.15, 0.2) is 5.82 Å². The van der Waals surface area contributed by atoms with Crippen LogP contribution in [0.4, 0.5) is 0 Å². The van der Waals surface area contributed by atoms with Gasteiger partial charge in [0, 0.05) is 28.5 Å². The van der Waals surface area contributed by atoms with Gasteiger partial charge >= 0.3 is 0 Å². The highest BCUT2D eigenvalue weighted by molar-refractivity contribution is 7.71. The van der Waals surface area contributed by atoms with E-state index in [9.17, 15) is 0 Å². The normalized spacial score (nSPS) is 10.9. The number of hydrogen-bond donors (Lipinski definition) is 2. The number of rotatable bonds is 5. The van der Waals surface area contributed by atoms with Crippen molar-refractivity contribution in [2.45, 2.75) is 6.54 Å². The summed E-state index contributed by atoms with van der Waals surface area (Å²) in [5, 5.41) is 8.22. The monoisotopic (exact) mass is 417 g/mol. The molecule has 4 rings (SSSR count). The maximum atomic E-state index is 6.24. The van der Waals surface area contributed by atoms with Crippen molar-refractivity contribution < 1.29 is 4.42 Å². The summed E-state index contributed by atoms with van der Waals surface area (Å²) in [5.41, 5.74) is 4.84. The van der Waals surface area contributed by atoms with Crippen molar-refractivity contribution >= 4 is 35.4 Å². The highest BCUT2D eigenvalue weighted by Gasteiger charge is 2.12. The van der Waals surface area contributed by atoms with Gasteiger partial charge in [-0.25, -0.2) is 9.77 Å². The first-order chi connectivity index (χ1) is 13.1. The van der Waals surface area contributed by atoms with Crippen LogP contribution >= 0.6 is 35.4 Å². The summed E-state index contributed by atoms with van der Waals surface area (Å²) in [6.45, 7) is 0.407. The lowest BCUT2D eigenvalue weighted by molar-refractivity contribution is 0.523. The van der Waals surface area contributed by atoms with Gasteiger partial charge in [-0.1, -0.05) is 23.2 Å². The van der Waals surface area contributed by atoms with Crippen molar-refractivity contribution in [2.75, 3.05) is 5.43 Å². The molecule has 0 radical (unpaired) electrons. The van der Waals surface area contributed by atoms with Gasteiger partial charge in [-0.15, -0.1) is 0 Å². The van der Waals surface area contributed by atoms with Gasteiger partial charge in [-0.05, 0) is 54.7 Å². The van der Waals surface area contributed by atoms with Crippen molar-refractivity contribution in [1.82, 2.24) is 19.9 Å². The molecule has 9 heteroatoms. The maximum absolute atomic E-state index is 6.24. The summed E-state index contributed by atoms with van der Waals surface area (Å²) in [6.07, 6.45) is 3.40. The Balaban J connectivity index is 1.56. The number of halogens is 2. The maximum Gasteiger partial charge on any atom is 0.214 e.